The number of fused-ring (bicyclic) bond motifs is 1. The third-order valence-electron chi connectivity index (χ3n) is 7.38. The van der Waals surface area contributed by atoms with E-state index in [1.807, 2.05) is 76.3 Å². The molecule has 0 amide bonds. The highest BCUT2D eigenvalue weighted by Gasteiger charge is 2.26. The van der Waals surface area contributed by atoms with E-state index in [1.54, 1.807) is 0 Å². The molecule has 3 aromatic rings. The smallest absolute Gasteiger partial charge is 0.338 e. The monoisotopic (exact) mass is 484 g/mol. The van der Waals surface area contributed by atoms with E-state index in [-0.39, 0.29) is 6.10 Å². The van der Waals surface area contributed by atoms with Gasteiger partial charge in [0, 0.05) is 22.1 Å². The van der Waals surface area contributed by atoms with Gasteiger partial charge in [0.05, 0.1) is 18.8 Å². The number of furan rings is 1. The fraction of sp³-hybridized carbons (Fsp3) is 0.344. The first-order valence-corrected chi connectivity index (χ1v) is 12.7. The van der Waals surface area contributed by atoms with Crippen LogP contribution >= 0.6 is 0 Å². The van der Waals surface area contributed by atoms with Crippen molar-refractivity contribution in [2.24, 2.45) is 5.92 Å². The predicted octanol–water partition coefficient (Wildman–Crippen LogP) is 8.14. The van der Waals surface area contributed by atoms with E-state index < -0.39 is 5.97 Å². The minimum Gasteiger partial charge on any atom is -0.490 e. The Morgan fingerprint density at radius 2 is 1.86 bits per heavy atom. The van der Waals surface area contributed by atoms with Gasteiger partial charge in [-0.2, -0.15) is 0 Å². The molecule has 2 aromatic carbocycles. The van der Waals surface area contributed by atoms with Gasteiger partial charge in [0.1, 0.15) is 17.1 Å². The second-order valence-corrected chi connectivity index (χ2v) is 9.63. The number of hydrogen-bond donors (Lipinski definition) is 0. The van der Waals surface area contributed by atoms with E-state index in [9.17, 15) is 4.79 Å². The number of esters is 1. The van der Waals surface area contributed by atoms with Crippen LogP contribution in [0.25, 0.3) is 22.1 Å². The zero-order chi connectivity index (χ0) is 25.8. The van der Waals surface area contributed by atoms with Gasteiger partial charge in [-0.3, -0.25) is 0 Å². The molecule has 1 fully saturated rings. The van der Waals surface area contributed by atoms with Crippen LogP contribution in [0.15, 0.2) is 65.6 Å². The van der Waals surface area contributed by atoms with Crippen molar-refractivity contribution in [2.75, 3.05) is 7.11 Å². The molecular formula is C32H36O4. The Morgan fingerprint density at radius 1 is 1.08 bits per heavy atom. The Kier molecular flexibility index (Phi) is 7.83. The van der Waals surface area contributed by atoms with Gasteiger partial charge in [0.15, 0.2) is 0 Å². The highest BCUT2D eigenvalue weighted by molar-refractivity contribution is 6.20. The van der Waals surface area contributed by atoms with Crippen molar-refractivity contribution >= 4 is 28.1 Å². The fourth-order valence-electron chi connectivity index (χ4n) is 5.13. The minimum absolute atomic E-state index is 0.0836. The molecule has 0 saturated heterocycles. The average Bonchev–Trinajstić information content (AvgIpc) is 3.23. The van der Waals surface area contributed by atoms with E-state index in [2.05, 4.69) is 12.6 Å². The van der Waals surface area contributed by atoms with Gasteiger partial charge in [-0.05, 0) is 88.6 Å². The molecule has 4 rings (SSSR count). The topological polar surface area (TPSA) is 48.7 Å². The number of aryl methyl sites for hydroxylation is 2. The molecule has 0 N–H and O–H groups in total. The number of benzene rings is 2. The maximum absolute atomic E-state index is 13.2. The lowest BCUT2D eigenvalue weighted by Crippen LogP contribution is -2.25. The summed E-state index contributed by atoms with van der Waals surface area (Å²) in [5.41, 5.74) is 5.99. The van der Waals surface area contributed by atoms with Crippen molar-refractivity contribution in [2.45, 2.75) is 59.5 Å². The number of carbonyl (C=O) groups excluding carboxylic acids is 1. The number of para-hydroxylation sites is 1. The van der Waals surface area contributed by atoms with E-state index >= 15 is 0 Å². The molecular weight excluding hydrogens is 448 g/mol. The largest absolute Gasteiger partial charge is 0.490 e. The summed E-state index contributed by atoms with van der Waals surface area (Å²) >= 11 is 0. The zero-order valence-electron chi connectivity index (χ0n) is 22.0. The number of carbonyl (C=O) groups is 1. The summed E-state index contributed by atoms with van der Waals surface area (Å²) in [6, 6.07) is 12.0. The summed E-state index contributed by atoms with van der Waals surface area (Å²) in [7, 11) is 1.42. The standard InChI is InChI=1S/C32H36O4/c1-7-23-12-11-13-25(18-23)35-29-17-16-20(3)21(4)30(29)27(32(33)34-6)19-24(8-2)31-22(5)26-14-9-10-15-28(26)36-31/h7-10,14-17,19,23,25H,1,11-13,18H2,2-6H3/b24-8-,27-19+/t23-,25-/m0/s1. The summed E-state index contributed by atoms with van der Waals surface area (Å²) in [6.45, 7) is 12.1. The molecule has 36 heavy (non-hydrogen) atoms. The molecule has 188 valence electrons. The van der Waals surface area contributed by atoms with Gasteiger partial charge in [0.2, 0.25) is 0 Å². The first-order valence-electron chi connectivity index (χ1n) is 12.7. The van der Waals surface area contributed by atoms with Gasteiger partial charge in [0.25, 0.3) is 0 Å². The molecule has 0 bridgehead atoms. The maximum atomic E-state index is 13.2. The molecule has 1 aromatic heterocycles. The van der Waals surface area contributed by atoms with Crippen LogP contribution < -0.4 is 4.74 Å². The molecule has 0 unspecified atom stereocenters. The fourth-order valence-corrected chi connectivity index (χ4v) is 5.13. The van der Waals surface area contributed by atoms with Gasteiger partial charge >= 0.3 is 5.97 Å². The lowest BCUT2D eigenvalue weighted by molar-refractivity contribution is -0.133. The van der Waals surface area contributed by atoms with Gasteiger partial charge < -0.3 is 13.9 Å². The van der Waals surface area contributed by atoms with Crippen molar-refractivity contribution in [3.63, 3.8) is 0 Å². The SMILES string of the molecule is C=C[C@H]1CCC[C@H](Oc2ccc(C)c(C)c2/C(=C\C(=C\C)c2oc3ccccc3c2C)C(=O)OC)C1. The molecule has 0 aliphatic heterocycles. The number of allylic oxidation sites excluding steroid dienone is 4. The molecule has 0 radical (unpaired) electrons. The molecule has 4 heteroatoms. The van der Waals surface area contributed by atoms with Crippen molar-refractivity contribution in [3.8, 4) is 5.75 Å². The lowest BCUT2D eigenvalue weighted by Gasteiger charge is -2.29. The average molecular weight is 485 g/mol. The Morgan fingerprint density at radius 3 is 2.56 bits per heavy atom. The third-order valence-corrected chi connectivity index (χ3v) is 7.38. The van der Waals surface area contributed by atoms with Crippen molar-refractivity contribution in [1.82, 2.24) is 0 Å². The molecule has 4 nitrogen and oxygen atoms in total. The summed E-state index contributed by atoms with van der Waals surface area (Å²) in [6.07, 6.45) is 10.1. The normalized spacial score (nSPS) is 18.8. The summed E-state index contributed by atoms with van der Waals surface area (Å²) in [4.78, 5) is 13.2. The number of rotatable bonds is 7. The summed E-state index contributed by atoms with van der Waals surface area (Å²) in [5, 5.41) is 1.06. The second kappa shape index (κ2) is 11.0. The molecule has 1 saturated carbocycles. The minimum atomic E-state index is -0.408. The number of methoxy groups -OCH3 is 1. The summed E-state index contributed by atoms with van der Waals surface area (Å²) < 4.78 is 18.1. The van der Waals surface area contributed by atoms with Gasteiger partial charge in [-0.15, -0.1) is 6.58 Å². The van der Waals surface area contributed by atoms with E-state index in [4.69, 9.17) is 13.9 Å². The highest BCUT2D eigenvalue weighted by Crippen LogP contribution is 2.38. The van der Waals surface area contributed by atoms with Crippen LogP contribution in [0.5, 0.6) is 5.75 Å². The first kappa shape index (κ1) is 25.6. The first-order chi connectivity index (χ1) is 17.4. The van der Waals surface area contributed by atoms with Crippen LogP contribution in [0, 0.1) is 26.7 Å². The number of hydrogen-bond acceptors (Lipinski definition) is 4. The Bertz CT molecular complexity index is 1340. The van der Waals surface area contributed by atoms with Gasteiger partial charge in [-0.25, -0.2) is 4.79 Å². The molecule has 1 aliphatic rings. The predicted molar refractivity (Wildman–Crippen MR) is 147 cm³/mol. The maximum Gasteiger partial charge on any atom is 0.338 e. The molecule has 0 spiro atoms. The van der Waals surface area contributed by atoms with Crippen LogP contribution in [-0.4, -0.2) is 19.2 Å². The van der Waals surface area contributed by atoms with E-state index in [1.165, 1.54) is 7.11 Å². The van der Waals surface area contributed by atoms with Crippen LogP contribution in [0.2, 0.25) is 0 Å². The Labute approximate surface area is 214 Å². The Hall–Kier alpha value is -3.53. The Balaban J connectivity index is 1.83. The van der Waals surface area contributed by atoms with Crippen molar-refractivity contribution < 1.29 is 18.7 Å². The molecule has 1 heterocycles. The quantitative estimate of drug-likeness (QED) is 0.147. The van der Waals surface area contributed by atoms with E-state index in [0.29, 0.717) is 17.2 Å². The lowest BCUT2D eigenvalue weighted by atomic mass is 9.87. The van der Waals surface area contributed by atoms with Gasteiger partial charge in [-0.1, -0.05) is 36.4 Å². The third kappa shape index (κ3) is 5.04. The van der Waals surface area contributed by atoms with Crippen LogP contribution in [0.4, 0.5) is 0 Å². The van der Waals surface area contributed by atoms with Crippen molar-refractivity contribution in [1.29, 1.82) is 0 Å². The number of ether oxygens (including phenoxy) is 2. The van der Waals surface area contributed by atoms with Crippen LogP contribution in [0.3, 0.4) is 0 Å². The van der Waals surface area contributed by atoms with Crippen LogP contribution in [-0.2, 0) is 9.53 Å². The molecule has 1 aliphatic carbocycles. The zero-order valence-corrected chi connectivity index (χ0v) is 22.0. The summed E-state index contributed by atoms with van der Waals surface area (Å²) in [5.74, 6) is 1.50. The van der Waals surface area contributed by atoms with E-state index in [0.717, 1.165) is 70.2 Å². The van der Waals surface area contributed by atoms with Crippen LogP contribution in [0.1, 0.15) is 60.6 Å². The second-order valence-electron chi connectivity index (χ2n) is 9.63. The highest BCUT2D eigenvalue weighted by atomic mass is 16.5. The molecule has 2 atom stereocenters. The van der Waals surface area contributed by atoms with Crippen molar-refractivity contribution in [3.05, 3.63) is 89.2 Å².